The first-order valence-electron chi connectivity index (χ1n) is 9.24. The van der Waals surface area contributed by atoms with Gasteiger partial charge in [0.2, 0.25) is 5.91 Å². The standard InChI is InChI=1S/C21H24N4O2/c1-15-17(18-13-16(27-2)6-7-19(18)23-15)14-21(26)25-11-9-24(10-12-25)20-5-3-4-8-22-20/h3-8,13,23H,9-12,14H2,1-2H3. The van der Waals surface area contributed by atoms with Gasteiger partial charge in [0.25, 0.3) is 0 Å². The van der Waals surface area contributed by atoms with Crippen molar-refractivity contribution in [3.63, 3.8) is 0 Å². The Hall–Kier alpha value is -3.02. The average Bonchev–Trinajstić information content (AvgIpc) is 3.03. The van der Waals surface area contributed by atoms with Crippen molar-refractivity contribution < 1.29 is 9.53 Å². The van der Waals surface area contributed by atoms with Crippen LogP contribution in [0.25, 0.3) is 10.9 Å². The van der Waals surface area contributed by atoms with Gasteiger partial charge in [0, 0.05) is 49.0 Å². The number of rotatable bonds is 4. The van der Waals surface area contributed by atoms with E-state index in [0.29, 0.717) is 6.42 Å². The van der Waals surface area contributed by atoms with Gasteiger partial charge in [-0.3, -0.25) is 4.79 Å². The number of methoxy groups -OCH3 is 1. The molecule has 0 atom stereocenters. The van der Waals surface area contributed by atoms with Gasteiger partial charge in [-0.1, -0.05) is 6.07 Å². The van der Waals surface area contributed by atoms with E-state index in [9.17, 15) is 4.79 Å². The number of H-pyrrole nitrogens is 1. The lowest BCUT2D eigenvalue weighted by Crippen LogP contribution is -2.49. The number of fused-ring (bicyclic) bond motifs is 1. The molecule has 3 heterocycles. The van der Waals surface area contributed by atoms with Crippen LogP contribution >= 0.6 is 0 Å². The van der Waals surface area contributed by atoms with E-state index in [1.165, 1.54) is 0 Å². The lowest BCUT2D eigenvalue weighted by Gasteiger charge is -2.35. The molecular weight excluding hydrogens is 340 g/mol. The Bertz CT molecular complexity index is 943. The fraction of sp³-hybridized carbons (Fsp3) is 0.333. The first-order chi connectivity index (χ1) is 13.2. The minimum atomic E-state index is 0.169. The molecule has 0 unspecified atom stereocenters. The van der Waals surface area contributed by atoms with Gasteiger partial charge in [-0.25, -0.2) is 4.98 Å². The van der Waals surface area contributed by atoms with Crippen LogP contribution in [0.1, 0.15) is 11.3 Å². The number of benzene rings is 1. The van der Waals surface area contributed by atoms with E-state index in [0.717, 1.165) is 59.9 Å². The van der Waals surface area contributed by atoms with Crippen molar-refractivity contribution in [2.24, 2.45) is 0 Å². The van der Waals surface area contributed by atoms with Gasteiger partial charge in [-0.2, -0.15) is 0 Å². The van der Waals surface area contributed by atoms with E-state index >= 15 is 0 Å². The fourth-order valence-corrected chi connectivity index (χ4v) is 3.71. The van der Waals surface area contributed by atoms with Gasteiger partial charge in [0.1, 0.15) is 11.6 Å². The Balaban J connectivity index is 1.46. The van der Waals surface area contributed by atoms with Crippen molar-refractivity contribution in [2.75, 3.05) is 38.2 Å². The van der Waals surface area contributed by atoms with Crippen LogP contribution < -0.4 is 9.64 Å². The molecule has 1 aliphatic heterocycles. The maximum Gasteiger partial charge on any atom is 0.227 e. The van der Waals surface area contributed by atoms with E-state index in [2.05, 4.69) is 14.9 Å². The van der Waals surface area contributed by atoms with Gasteiger partial charge >= 0.3 is 0 Å². The molecule has 4 rings (SSSR count). The molecular formula is C21H24N4O2. The number of hydrogen-bond acceptors (Lipinski definition) is 4. The summed E-state index contributed by atoms with van der Waals surface area (Å²) in [7, 11) is 1.66. The molecule has 1 saturated heterocycles. The monoisotopic (exact) mass is 364 g/mol. The predicted molar refractivity (Wildman–Crippen MR) is 106 cm³/mol. The molecule has 1 N–H and O–H groups in total. The number of aromatic nitrogens is 2. The van der Waals surface area contributed by atoms with Crippen molar-refractivity contribution in [1.82, 2.24) is 14.9 Å². The molecule has 140 valence electrons. The zero-order chi connectivity index (χ0) is 18.8. The lowest BCUT2D eigenvalue weighted by atomic mass is 10.1. The van der Waals surface area contributed by atoms with Crippen molar-refractivity contribution in [2.45, 2.75) is 13.3 Å². The summed E-state index contributed by atoms with van der Waals surface area (Å²) in [5.41, 5.74) is 3.14. The maximum atomic E-state index is 12.9. The molecule has 0 bridgehead atoms. The highest BCUT2D eigenvalue weighted by Gasteiger charge is 2.23. The van der Waals surface area contributed by atoms with Crippen LogP contribution in [0.5, 0.6) is 5.75 Å². The molecule has 0 aliphatic carbocycles. The molecule has 1 fully saturated rings. The quantitative estimate of drug-likeness (QED) is 0.773. The Labute approximate surface area is 158 Å². The summed E-state index contributed by atoms with van der Waals surface area (Å²) in [6.07, 6.45) is 2.21. The Morgan fingerprint density at radius 3 is 2.70 bits per heavy atom. The van der Waals surface area contributed by atoms with Gasteiger partial charge in [-0.15, -0.1) is 0 Å². The molecule has 27 heavy (non-hydrogen) atoms. The van der Waals surface area contributed by atoms with E-state index < -0.39 is 0 Å². The first-order valence-corrected chi connectivity index (χ1v) is 9.24. The minimum absolute atomic E-state index is 0.169. The summed E-state index contributed by atoms with van der Waals surface area (Å²) in [6.45, 7) is 5.08. The lowest BCUT2D eigenvalue weighted by molar-refractivity contribution is -0.130. The van der Waals surface area contributed by atoms with E-state index in [1.807, 2.05) is 48.2 Å². The van der Waals surface area contributed by atoms with Crippen LogP contribution in [0.15, 0.2) is 42.6 Å². The molecule has 1 amide bonds. The molecule has 6 nitrogen and oxygen atoms in total. The third-order valence-electron chi connectivity index (χ3n) is 5.26. The Morgan fingerprint density at radius 2 is 2.00 bits per heavy atom. The normalized spacial score (nSPS) is 14.6. The smallest absolute Gasteiger partial charge is 0.227 e. The zero-order valence-corrected chi connectivity index (χ0v) is 15.7. The van der Waals surface area contributed by atoms with Crippen LogP contribution in [0.3, 0.4) is 0 Å². The van der Waals surface area contributed by atoms with Gasteiger partial charge < -0.3 is 19.5 Å². The SMILES string of the molecule is COc1ccc2[nH]c(C)c(CC(=O)N3CCN(c4ccccn4)CC3)c2c1. The summed E-state index contributed by atoms with van der Waals surface area (Å²) >= 11 is 0. The Morgan fingerprint density at radius 1 is 1.19 bits per heavy atom. The number of nitrogens with zero attached hydrogens (tertiary/aromatic N) is 3. The number of piperazine rings is 1. The number of carbonyl (C=O) groups is 1. The molecule has 6 heteroatoms. The second kappa shape index (κ2) is 7.31. The largest absolute Gasteiger partial charge is 0.497 e. The summed E-state index contributed by atoms with van der Waals surface area (Å²) in [5.74, 6) is 1.95. The van der Waals surface area contributed by atoms with Crippen molar-refractivity contribution in [3.05, 3.63) is 53.9 Å². The number of aryl methyl sites for hydroxylation is 1. The molecule has 1 aromatic carbocycles. The van der Waals surface area contributed by atoms with Gasteiger partial charge in [-0.05, 0) is 42.8 Å². The molecule has 0 spiro atoms. The van der Waals surface area contributed by atoms with Crippen molar-refractivity contribution >= 4 is 22.6 Å². The molecule has 1 aliphatic rings. The van der Waals surface area contributed by atoms with Crippen molar-refractivity contribution in [3.8, 4) is 5.75 Å². The number of ether oxygens (including phenoxy) is 1. The third-order valence-corrected chi connectivity index (χ3v) is 5.26. The summed E-state index contributed by atoms with van der Waals surface area (Å²) in [4.78, 5) is 24.9. The predicted octanol–water partition coefficient (Wildman–Crippen LogP) is 2.77. The van der Waals surface area contributed by atoms with Crippen molar-refractivity contribution in [1.29, 1.82) is 0 Å². The fourth-order valence-electron chi connectivity index (χ4n) is 3.71. The minimum Gasteiger partial charge on any atom is -0.497 e. The maximum absolute atomic E-state index is 12.9. The highest BCUT2D eigenvalue weighted by atomic mass is 16.5. The summed E-state index contributed by atoms with van der Waals surface area (Å²) in [5, 5.41) is 1.06. The number of anilines is 1. The topological polar surface area (TPSA) is 61.5 Å². The van der Waals surface area contributed by atoms with Gasteiger partial charge in [0.05, 0.1) is 13.5 Å². The number of nitrogens with one attached hydrogen (secondary N) is 1. The number of carbonyl (C=O) groups excluding carboxylic acids is 1. The van der Waals surface area contributed by atoms with Crippen LogP contribution in [-0.4, -0.2) is 54.1 Å². The van der Waals surface area contributed by atoms with Crippen LogP contribution in [0.2, 0.25) is 0 Å². The van der Waals surface area contributed by atoms with Crippen LogP contribution in [0.4, 0.5) is 5.82 Å². The second-order valence-electron chi connectivity index (χ2n) is 6.87. The Kier molecular flexibility index (Phi) is 4.71. The second-order valence-corrected chi connectivity index (χ2v) is 6.87. The third kappa shape index (κ3) is 3.47. The van der Waals surface area contributed by atoms with Crippen LogP contribution in [0, 0.1) is 6.92 Å². The number of hydrogen-bond donors (Lipinski definition) is 1. The molecule has 2 aromatic heterocycles. The first kappa shape index (κ1) is 17.4. The number of amides is 1. The molecule has 3 aromatic rings. The van der Waals surface area contributed by atoms with Crippen LogP contribution in [-0.2, 0) is 11.2 Å². The van der Waals surface area contributed by atoms with E-state index in [-0.39, 0.29) is 5.91 Å². The zero-order valence-electron chi connectivity index (χ0n) is 15.7. The summed E-state index contributed by atoms with van der Waals surface area (Å²) < 4.78 is 5.34. The van der Waals surface area contributed by atoms with E-state index in [4.69, 9.17) is 4.74 Å². The summed E-state index contributed by atoms with van der Waals surface area (Å²) in [6, 6.07) is 11.9. The molecule has 0 saturated carbocycles. The van der Waals surface area contributed by atoms with E-state index in [1.54, 1.807) is 13.3 Å². The average molecular weight is 364 g/mol. The highest BCUT2D eigenvalue weighted by Crippen LogP contribution is 2.27. The highest BCUT2D eigenvalue weighted by molar-refractivity contribution is 5.91. The van der Waals surface area contributed by atoms with Gasteiger partial charge in [0.15, 0.2) is 0 Å². The number of aromatic amines is 1. The molecule has 0 radical (unpaired) electrons. The number of pyridine rings is 1.